The third-order valence-corrected chi connectivity index (χ3v) is 3.31. The molecule has 0 aliphatic carbocycles. The molecule has 2 heterocycles. The van der Waals surface area contributed by atoms with Crippen LogP contribution < -0.4 is 10.3 Å². The van der Waals surface area contributed by atoms with E-state index in [-0.39, 0.29) is 5.56 Å². The number of para-hydroxylation sites is 1. The predicted octanol–water partition coefficient (Wildman–Crippen LogP) is 2.75. The summed E-state index contributed by atoms with van der Waals surface area (Å²) in [6, 6.07) is 8.94. The van der Waals surface area contributed by atoms with Crippen LogP contribution in [0.15, 0.2) is 53.7 Å². The molecule has 0 amide bonds. The zero-order chi connectivity index (χ0) is 13.4. The minimum atomic E-state index is -0.140. The van der Waals surface area contributed by atoms with Crippen molar-refractivity contribution >= 4 is 17.1 Å². The lowest BCUT2D eigenvalue weighted by Gasteiger charge is -2.07. The second-order valence-electron chi connectivity index (χ2n) is 4.10. The molecule has 4 nitrogen and oxygen atoms in total. The van der Waals surface area contributed by atoms with Gasteiger partial charge < -0.3 is 9.14 Å². The number of benzene rings is 1. The van der Waals surface area contributed by atoms with E-state index in [9.17, 15) is 4.79 Å². The highest BCUT2D eigenvalue weighted by molar-refractivity contribution is 6.32. The van der Waals surface area contributed by atoms with E-state index >= 15 is 0 Å². The summed E-state index contributed by atoms with van der Waals surface area (Å²) in [7, 11) is 1.57. The van der Waals surface area contributed by atoms with Crippen LogP contribution in [0.4, 0.5) is 0 Å². The summed E-state index contributed by atoms with van der Waals surface area (Å²) in [5, 5.41) is 0.535. The number of halogens is 1. The summed E-state index contributed by atoms with van der Waals surface area (Å²) >= 11 is 6.12. The summed E-state index contributed by atoms with van der Waals surface area (Å²) in [6.45, 7) is 0. The average Bonchev–Trinajstić information content (AvgIpc) is 2.85. The molecule has 0 aliphatic rings. The van der Waals surface area contributed by atoms with Crippen molar-refractivity contribution < 1.29 is 4.74 Å². The molecule has 1 aromatic carbocycles. The summed E-state index contributed by atoms with van der Waals surface area (Å²) in [4.78, 5) is 12.4. The molecule has 0 atom stereocenters. The van der Waals surface area contributed by atoms with Gasteiger partial charge in [0, 0.05) is 18.5 Å². The first-order chi connectivity index (χ1) is 9.20. The van der Waals surface area contributed by atoms with Crippen LogP contribution in [-0.2, 0) is 0 Å². The average molecular weight is 275 g/mol. The Morgan fingerprint density at radius 1 is 1.21 bits per heavy atom. The third kappa shape index (κ3) is 1.90. The normalized spacial score (nSPS) is 10.8. The summed E-state index contributed by atoms with van der Waals surface area (Å²) in [6.07, 6.45) is 5.24. The van der Waals surface area contributed by atoms with E-state index in [2.05, 4.69) is 0 Å². The Kier molecular flexibility index (Phi) is 2.80. The standard InChI is InChI=1S/C14H11ClN2O2/c1-19-10-8-13-14(18)17(7-6-16(13)9-10)12-5-3-2-4-11(12)15/h2-9H,1H3. The highest BCUT2D eigenvalue weighted by Gasteiger charge is 2.09. The Balaban J connectivity index is 2.29. The molecular weight excluding hydrogens is 264 g/mol. The van der Waals surface area contributed by atoms with Crippen molar-refractivity contribution in [3.05, 3.63) is 64.3 Å². The molecule has 0 unspecified atom stereocenters. The summed E-state index contributed by atoms with van der Waals surface area (Å²) < 4.78 is 8.38. The molecule has 0 spiro atoms. The molecule has 0 radical (unpaired) electrons. The van der Waals surface area contributed by atoms with Crippen molar-refractivity contribution in [3.63, 3.8) is 0 Å². The third-order valence-electron chi connectivity index (χ3n) is 2.99. The molecule has 3 rings (SSSR count). The van der Waals surface area contributed by atoms with Gasteiger partial charge in [-0.2, -0.15) is 0 Å². The SMILES string of the molecule is COc1cc2c(=O)n(-c3ccccc3Cl)ccn2c1. The largest absolute Gasteiger partial charge is 0.495 e. The van der Waals surface area contributed by atoms with Gasteiger partial charge in [-0.1, -0.05) is 23.7 Å². The molecule has 0 bridgehead atoms. The Hall–Kier alpha value is -2.20. The van der Waals surface area contributed by atoms with Crippen molar-refractivity contribution in [2.24, 2.45) is 0 Å². The Bertz CT molecular complexity index is 805. The lowest BCUT2D eigenvalue weighted by molar-refractivity contribution is 0.415. The van der Waals surface area contributed by atoms with E-state index in [0.717, 1.165) is 0 Å². The molecule has 96 valence electrons. The molecule has 2 aromatic heterocycles. The molecule has 0 saturated heterocycles. The fourth-order valence-electron chi connectivity index (χ4n) is 2.03. The summed E-state index contributed by atoms with van der Waals surface area (Å²) in [5.41, 5.74) is 1.06. The van der Waals surface area contributed by atoms with Gasteiger partial charge in [0.1, 0.15) is 11.3 Å². The van der Waals surface area contributed by atoms with Crippen LogP contribution in [0.5, 0.6) is 5.75 Å². The van der Waals surface area contributed by atoms with Crippen LogP contribution in [0, 0.1) is 0 Å². The van der Waals surface area contributed by atoms with Gasteiger partial charge in [0.25, 0.3) is 5.56 Å². The van der Waals surface area contributed by atoms with Gasteiger partial charge in [-0.3, -0.25) is 9.36 Å². The lowest BCUT2D eigenvalue weighted by Crippen LogP contribution is -2.19. The van der Waals surface area contributed by atoms with E-state index in [0.29, 0.717) is 22.0 Å². The maximum atomic E-state index is 12.4. The fraction of sp³-hybridized carbons (Fsp3) is 0.0714. The van der Waals surface area contributed by atoms with Crippen LogP contribution in [0.1, 0.15) is 0 Å². The van der Waals surface area contributed by atoms with Crippen LogP contribution in [0.25, 0.3) is 11.2 Å². The molecule has 0 fully saturated rings. The molecule has 0 saturated carbocycles. The quantitative estimate of drug-likeness (QED) is 0.720. The maximum absolute atomic E-state index is 12.4. The molecular formula is C14H11ClN2O2. The highest BCUT2D eigenvalue weighted by atomic mass is 35.5. The molecule has 0 N–H and O–H groups in total. The van der Waals surface area contributed by atoms with Crippen LogP contribution >= 0.6 is 11.6 Å². The van der Waals surface area contributed by atoms with Crippen molar-refractivity contribution in [2.75, 3.05) is 7.11 Å². The van der Waals surface area contributed by atoms with E-state index in [1.165, 1.54) is 4.57 Å². The van der Waals surface area contributed by atoms with Crippen molar-refractivity contribution in [1.29, 1.82) is 0 Å². The Morgan fingerprint density at radius 3 is 2.74 bits per heavy atom. The number of rotatable bonds is 2. The Labute approximate surface area is 114 Å². The van der Waals surface area contributed by atoms with Crippen LogP contribution in [-0.4, -0.2) is 16.1 Å². The van der Waals surface area contributed by atoms with Gasteiger partial charge in [-0.25, -0.2) is 0 Å². The van der Waals surface area contributed by atoms with Gasteiger partial charge in [-0.15, -0.1) is 0 Å². The van der Waals surface area contributed by atoms with Gasteiger partial charge in [-0.05, 0) is 12.1 Å². The smallest absolute Gasteiger partial charge is 0.279 e. The van der Waals surface area contributed by atoms with E-state index in [1.807, 2.05) is 12.1 Å². The number of hydrogen-bond donors (Lipinski definition) is 0. The monoisotopic (exact) mass is 274 g/mol. The number of hydrogen-bond acceptors (Lipinski definition) is 2. The minimum Gasteiger partial charge on any atom is -0.495 e. The maximum Gasteiger partial charge on any atom is 0.279 e. The first kappa shape index (κ1) is 11.9. The molecule has 0 aliphatic heterocycles. The predicted molar refractivity (Wildman–Crippen MR) is 74.6 cm³/mol. The lowest BCUT2D eigenvalue weighted by atomic mass is 10.3. The second kappa shape index (κ2) is 4.48. The number of aromatic nitrogens is 2. The molecule has 19 heavy (non-hydrogen) atoms. The van der Waals surface area contributed by atoms with Crippen LogP contribution in [0.3, 0.4) is 0 Å². The van der Waals surface area contributed by atoms with Crippen LogP contribution in [0.2, 0.25) is 5.02 Å². The first-order valence-corrected chi connectivity index (χ1v) is 6.11. The molecule has 5 heteroatoms. The first-order valence-electron chi connectivity index (χ1n) is 5.73. The Morgan fingerprint density at radius 2 is 2.00 bits per heavy atom. The zero-order valence-electron chi connectivity index (χ0n) is 10.2. The van der Waals surface area contributed by atoms with Crippen molar-refractivity contribution in [1.82, 2.24) is 8.97 Å². The number of ether oxygens (including phenoxy) is 1. The van der Waals surface area contributed by atoms with E-state index < -0.39 is 0 Å². The van der Waals surface area contributed by atoms with E-state index in [4.69, 9.17) is 16.3 Å². The second-order valence-corrected chi connectivity index (χ2v) is 4.50. The topological polar surface area (TPSA) is 35.6 Å². The van der Waals surface area contributed by atoms with E-state index in [1.54, 1.807) is 48.3 Å². The van der Waals surface area contributed by atoms with Gasteiger partial charge in [0.05, 0.1) is 24.0 Å². The number of fused-ring (bicyclic) bond motifs is 1. The summed E-state index contributed by atoms with van der Waals surface area (Å²) in [5.74, 6) is 0.647. The van der Waals surface area contributed by atoms with Gasteiger partial charge >= 0.3 is 0 Å². The van der Waals surface area contributed by atoms with Gasteiger partial charge in [0.15, 0.2) is 0 Å². The highest BCUT2D eigenvalue weighted by Crippen LogP contribution is 2.19. The molecule has 3 aromatic rings. The van der Waals surface area contributed by atoms with Gasteiger partial charge in [0.2, 0.25) is 0 Å². The fourth-order valence-corrected chi connectivity index (χ4v) is 2.25. The number of methoxy groups -OCH3 is 1. The number of nitrogens with zero attached hydrogens (tertiary/aromatic N) is 2. The zero-order valence-corrected chi connectivity index (χ0v) is 11.0. The van der Waals surface area contributed by atoms with Crippen molar-refractivity contribution in [3.8, 4) is 11.4 Å². The van der Waals surface area contributed by atoms with Crippen molar-refractivity contribution in [2.45, 2.75) is 0 Å². The minimum absolute atomic E-state index is 0.140.